The number of primary amides is 1. The SMILES string of the molecule is CC.CC.CC1=C(C)C(O)NN=C1Cc1cccc(C(=O)O)c1.NCC(N)=O. The van der Waals surface area contributed by atoms with E-state index < -0.39 is 18.1 Å². The van der Waals surface area contributed by atoms with Crippen LogP contribution in [0.15, 0.2) is 40.5 Å². The Kier molecular flexibility index (Phi) is 15.1. The minimum absolute atomic E-state index is 0.0556. The Morgan fingerprint density at radius 2 is 1.71 bits per heavy atom. The number of aliphatic hydroxyl groups excluding tert-OH is 1. The summed E-state index contributed by atoms with van der Waals surface area (Å²) in [5, 5.41) is 22.7. The van der Waals surface area contributed by atoms with E-state index in [1.807, 2.05) is 47.6 Å². The third kappa shape index (κ3) is 9.84. The molecule has 28 heavy (non-hydrogen) atoms. The topological polar surface area (TPSA) is 151 Å². The van der Waals surface area contributed by atoms with Crippen molar-refractivity contribution in [2.45, 2.75) is 54.2 Å². The molecule has 0 saturated carbocycles. The number of nitrogens with one attached hydrogen (secondary N) is 1. The molecule has 1 atom stereocenters. The van der Waals surface area contributed by atoms with Crippen LogP contribution in [0.1, 0.15) is 57.5 Å². The van der Waals surface area contributed by atoms with Gasteiger partial charge in [-0.1, -0.05) is 39.8 Å². The summed E-state index contributed by atoms with van der Waals surface area (Å²) in [7, 11) is 0. The van der Waals surface area contributed by atoms with Crippen LogP contribution >= 0.6 is 0 Å². The monoisotopic (exact) mass is 394 g/mol. The lowest BCUT2D eigenvalue weighted by Gasteiger charge is -2.22. The predicted octanol–water partition coefficient (Wildman–Crippen LogP) is 2.02. The molecule has 1 amide bonds. The number of carbonyl (C=O) groups is 2. The molecule has 1 heterocycles. The maximum atomic E-state index is 10.9. The molecule has 1 unspecified atom stereocenters. The summed E-state index contributed by atoms with van der Waals surface area (Å²) in [6.07, 6.45) is -0.210. The van der Waals surface area contributed by atoms with Crippen LogP contribution in [0.3, 0.4) is 0 Å². The van der Waals surface area contributed by atoms with Gasteiger partial charge in [0.15, 0.2) is 6.23 Å². The smallest absolute Gasteiger partial charge is 0.335 e. The predicted molar refractivity (Wildman–Crippen MR) is 113 cm³/mol. The summed E-state index contributed by atoms with van der Waals surface area (Å²) < 4.78 is 0. The highest BCUT2D eigenvalue weighted by molar-refractivity contribution is 6.02. The summed E-state index contributed by atoms with van der Waals surface area (Å²) in [6.45, 7) is 11.7. The molecule has 1 aliphatic rings. The third-order valence-corrected chi connectivity index (χ3v) is 3.50. The molecule has 2 rings (SSSR count). The molecular weight excluding hydrogens is 360 g/mol. The van der Waals surface area contributed by atoms with Crippen molar-refractivity contribution < 1.29 is 19.8 Å². The summed E-state index contributed by atoms with van der Waals surface area (Å²) in [5.74, 6) is -1.41. The van der Waals surface area contributed by atoms with E-state index in [4.69, 9.17) is 10.8 Å². The fraction of sp³-hybridized carbons (Fsp3) is 0.450. The molecule has 0 aromatic heterocycles. The number of amides is 1. The number of carbonyl (C=O) groups excluding carboxylic acids is 1. The van der Waals surface area contributed by atoms with E-state index >= 15 is 0 Å². The highest BCUT2D eigenvalue weighted by atomic mass is 16.4. The number of nitrogens with two attached hydrogens (primary N) is 2. The number of carboxylic acid groups (broad SMARTS) is 1. The van der Waals surface area contributed by atoms with Gasteiger partial charge in [0, 0.05) is 6.42 Å². The van der Waals surface area contributed by atoms with Gasteiger partial charge in [0.1, 0.15) is 0 Å². The number of aliphatic hydroxyl groups is 1. The van der Waals surface area contributed by atoms with Crippen molar-refractivity contribution in [3.63, 3.8) is 0 Å². The van der Waals surface area contributed by atoms with Crippen LogP contribution in [0.2, 0.25) is 0 Å². The van der Waals surface area contributed by atoms with Gasteiger partial charge in [0.2, 0.25) is 5.91 Å². The minimum Gasteiger partial charge on any atom is -0.478 e. The van der Waals surface area contributed by atoms with E-state index in [1.165, 1.54) is 0 Å². The third-order valence-electron chi connectivity index (χ3n) is 3.50. The molecule has 1 aromatic rings. The quantitative estimate of drug-likeness (QED) is 0.527. The Bertz CT molecular complexity index is 685. The number of benzene rings is 1. The molecule has 0 fully saturated rings. The first-order valence-corrected chi connectivity index (χ1v) is 9.24. The van der Waals surface area contributed by atoms with Gasteiger partial charge in [-0.3, -0.25) is 10.2 Å². The molecule has 0 bridgehead atoms. The van der Waals surface area contributed by atoms with Gasteiger partial charge >= 0.3 is 5.97 Å². The Balaban J connectivity index is 0. The first kappa shape index (κ1) is 27.5. The lowest BCUT2D eigenvalue weighted by Crippen LogP contribution is -2.32. The number of carboxylic acids is 1. The highest BCUT2D eigenvalue weighted by Gasteiger charge is 2.18. The lowest BCUT2D eigenvalue weighted by atomic mass is 9.97. The zero-order chi connectivity index (χ0) is 22.3. The summed E-state index contributed by atoms with van der Waals surface area (Å²) >= 11 is 0. The molecule has 0 saturated heterocycles. The van der Waals surface area contributed by atoms with Crippen molar-refractivity contribution in [3.05, 3.63) is 46.5 Å². The van der Waals surface area contributed by atoms with Crippen molar-refractivity contribution in [1.29, 1.82) is 0 Å². The normalized spacial score (nSPS) is 14.6. The average molecular weight is 395 g/mol. The van der Waals surface area contributed by atoms with Gasteiger partial charge in [-0.25, -0.2) is 4.79 Å². The molecule has 0 aliphatic carbocycles. The number of hydrazone groups is 1. The number of hydrogen-bond acceptors (Lipinski definition) is 6. The van der Waals surface area contributed by atoms with E-state index in [0.717, 1.165) is 22.4 Å². The first-order valence-electron chi connectivity index (χ1n) is 9.24. The van der Waals surface area contributed by atoms with E-state index in [2.05, 4.69) is 16.3 Å². The van der Waals surface area contributed by atoms with Crippen LogP contribution in [0, 0.1) is 0 Å². The second-order valence-electron chi connectivity index (χ2n) is 5.25. The van der Waals surface area contributed by atoms with Gasteiger partial charge in [-0.2, -0.15) is 5.10 Å². The maximum absolute atomic E-state index is 10.9. The van der Waals surface area contributed by atoms with Crippen LogP contribution in [0.25, 0.3) is 0 Å². The number of aromatic carboxylic acids is 1. The van der Waals surface area contributed by atoms with Crippen LogP contribution in [0.4, 0.5) is 0 Å². The molecule has 1 aliphatic heterocycles. The van der Waals surface area contributed by atoms with E-state index in [1.54, 1.807) is 18.2 Å². The number of nitrogens with zero attached hydrogens (tertiary/aromatic N) is 1. The zero-order valence-electron chi connectivity index (χ0n) is 17.6. The molecule has 158 valence electrons. The molecule has 1 aromatic carbocycles. The fourth-order valence-corrected chi connectivity index (χ4v) is 1.93. The van der Waals surface area contributed by atoms with Crippen LogP contribution < -0.4 is 16.9 Å². The van der Waals surface area contributed by atoms with E-state index in [0.29, 0.717) is 6.42 Å². The zero-order valence-corrected chi connectivity index (χ0v) is 17.6. The second-order valence-corrected chi connectivity index (χ2v) is 5.25. The summed E-state index contributed by atoms with van der Waals surface area (Å²) in [4.78, 5) is 20.4. The second kappa shape index (κ2) is 15.4. The summed E-state index contributed by atoms with van der Waals surface area (Å²) in [6, 6.07) is 6.78. The van der Waals surface area contributed by atoms with Crippen molar-refractivity contribution >= 4 is 17.6 Å². The Labute approximate surface area is 167 Å². The molecular formula is C20H34N4O4. The van der Waals surface area contributed by atoms with Crippen molar-refractivity contribution in [3.8, 4) is 0 Å². The molecule has 8 heteroatoms. The van der Waals surface area contributed by atoms with Gasteiger partial charge in [0.25, 0.3) is 0 Å². The minimum atomic E-state index is -0.940. The fourth-order valence-electron chi connectivity index (χ4n) is 1.93. The first-order chi connectivity index (χ1) is 13.3. The highest BCUT2D eigenvalue weighted by Crippen LogP contribution is 2.17. The van der Waals surface area contributed by atoms with Crippen molar-refractivity contribution in [1.82, 2.24) is 5.43 Å². The van der Waals surface area contributed by atoms with Gasteiger partial charge in [-0.15, -0.1) is 0 Å². The van der Waals surface area contributed by atoms with Crippen LogP contribution in [0.5, 0.6) is 0 Å². The Hall–Kier alpha value is -2.71. The molecule has 0 spiro atoms. The van der Waals surface area contributed by atoms with Gasteiger partial charge in [0.05, 0.1) is 17.8 Å². The standard InChI is InChI=1S/C14H16N2O3.C2H6N2O.2C2H6/c1-8-9(2)13(17)16-15-12(8)7-10-4-3-5-11(6-10)14(18)19;3-1-2(4)5;2*1-2/h3-6,13,16-17H,7H2,1-2H3,(H,18,19);1,3H2,(H2,4,5);2*1-2H3. The summed E-state index contributed by atoms with van der Waals surface area (Å²) in [5.41, 5.74) is 15.6. The number of rotatable bonds is 4. The van der Waals surface area contributed by atoms with E-state index in [9.17, 15) is 14.7 Å². The number of allylic oxidation sites excluding steroid dienone is 1. The van der Waals surface area contributed by atoms with Crippen LogP contribution in [-0.2, 0) is 11.2 Å². The van der Waals surface area contributed by atoms with Gasteiger partial charge < -0.3 is 21.7 Å². The van der Waals surface area contributed by atoms with Gasteiger partial charge in [-0.05, 0) is 42.7 Å². The average Bonchev–Trinajstić information content (AvgIpc) is 2.72. The largest absolute Gasteiger partial charge is 0.478 e. The van der Waals surface area contributed by atoms with E-state index in [-0.39, 0.29) is 12.1 Å². The molecule has 7 N–H and O–H groups in total. The lowest BCUT2D eigenvalue weighted by molar-refractivity contribution is -0.116. The number of hydrogen-bond donors (Lipinski definition) is 5. The maximum Gasteiger partial charge on any atom is 0.335 e. The Morgan fingerprint density at radius 1 is 1.18 bits per heavy atom. The molecule has 8 nitrogen and oxygen atoms in total. The molecule has 0 radical (unpaired) electrons. The van der Waals surface area contributed by atoms with Crippen LogP contribution in [-0.4, -0.2) is 40.6 Å². The van der Waals surface area contributed by atoms with Crippen molar-refractivity contribution in [2.24, 2.45) is 16.6 Å². The Morgan fingerprint density at radius 3 is 2.18 bits per heavy atom. The van der Waals surface area contributed by atoms with Crippen molar-refractivity contribution in [2.75, 3.05) is 6.54 Å².